The fraction of sp³-hybridized carbons (Fsp3) is 0.261. The number of H-pyrrole nitrogens is 1. The van der Waals surface area contributed by atoms with E-state index in [2.05, 4.69) is 10.3 Å². The molecule has 4 rings (SSSR count). The van der Waals surface area contributed by atoms with Crippen molar-refractivity contribution in [3.63, 3.8) is 0 Å². The van der Waals surface area contributed by atoms with Crippen molar-refractivity contribution in [1.82, 2.24) is 15.2 Å². The number of amides is 2. The van der Waals surface area contributed by atoms with E-state index in [1.54, 1.807) is 29.3 Å². The van der Waals surface area contributed by atoms with E-state index in [9.17, 15) is 19.5 Å². The van der Waals surface area contributed by atoms with E-state index < -0.39 is 17.9 Å². The maximum absolute atomic E-state index is 12.7. The number of hydrogen-bond acceptors (Lipinski definition) is 3. The number of benzene rings is 2. The Hall–Kier alpha value is -3.61. The fourth-order valence-electron chi connectivity index (χ4n) is 3.86. The monoisotopic (exact) mass is 405 g/mol. The van der Waals surface area contributed by atoms with Crippen LogP contribution in [0.2, 0.25) is 0 Å². The van der Waals surface area contributed by atoms with Crippen LogP contribution in [0.15, 0.2) is 54.7 Å². The summed E-state index contributed by atoms with van der Waals surface area (Å²) in [5, 5.41) is 13.2. The molecule has 7 nitrogen and oxygen atoms in total. The predicted molar refractivity (Wildman–Crippen MR) is 112 cm³/mol. The van der Waals surface area contributed by atoms with Crippen LogP contribution in [-0.4, -0.2) is 45.4 Å². The average Bonchev–Trinajstić information content (AvgIpc) is 3.34. The minimum Gasteiger partial charge on any atom is -0.480 e. The van der Waals surface area contributed by atoms with Gasteiger partial charge in [-0.15, -0.1) is 0 Å². The zero-order valence-corrected chi connectivity index (χ0v) is 16.4. The summed E-state index contributed by atoms with van der Waals surface area (Å²) in [6, 6.07) is 13.6. The molecule has 1 atom stereocenters. The zero-order chi connectivity index (χ0) is 21.1. The molecule has 3 N–H and O–H groups in total. The lowest BCUT2D eigenvalue weighted by atomic mass is 10.0. The third kappa shape index (κ3) is 4.20. The minimum atomic E-state index is -1.09. The molecule has 1 fully saturated rings. The quantitative estimate of drug-likeness (QED) is 0.562. The lowest BCUT2D eigenvalue weighted by Crippen LogP contribution is -2.42. The number of carboxylic acid groups (broad SMARTS) is 1. The number of aliphatic carboxylic acids is 1. The third-order valence-electron chi connectivity index (χ3n) is 5.44. The summed E-state index contributed by atoms with van der Waals surface area (Å²) >= 11 is 0. The molecule has 0 unspecified atom stereocenters. The van der Waals surface area contributed by atoms with Gasteiger partial charge in [0.2, 0.25) is 5.91 Å². The van der Waals surface area contributed by atoms with Gasteiger partial charge in [0.15, 0.2) is 0 Å². The number of para-hydroxylation sites is 1. The molecule has 0 spiro atoms. The Morgan fingerprint density at radius 1 is 1.17 bits per heavy atom. The van der Waals surface area contributed by atoms with Crippen molar-refractivity contribution in [3.8, 4) is 0 Å². The van der Waals surface area contributed by atoms with Crippen LogP contribution in [0, 0.1) is 0 Å². The Morgan fingerprint density at radius 2 is 2.00 bits per heavy atom. The summed E-state index contributed by atoms with van der Waals surface area (Å²) in [7, 11) is 0. The molecule has 1 aliphatic rings. The van der Waals surface area contributed by atoms with Crippen LogP contribution in [-0.2, 0) is 22.6 Å². The van der Waals surface area contributed by atoms with Crippen molar-refractivity contribution in [2.24, 2.45) is 0 Å². The Bertz CT molecular complexity index is 1100. The van der Waals surface area contributed by atoms with Gasteiger partial charge in [-0.3, -0.25) is 9.59 Å². The molecule has 0 aliphatic carbocycles. The van der Waals surface area contributed by atoms with E-state index in [1.807, 2.05) is 30.3 Å². The maximum atomic E-state index is 12.7. The van der Waals surface area contributed by atoms with Crippen LogP contribution in [0.25, 0.3) is 10.9 Å². The molecular formula is C23H23N3O4. The Balaban J connectivity index is 1.47. The average molecular weight is 405 g/mol. The number of carbonyl (C=O) groups excluding carboxylic acids is 2. The number of nitrogens with zero attached hydrogens (tertiary/aromatic N) is 1. The predicted octanol–water partition coefficient (Wildman–Crippen LogP) is 2.72. The highest BCUT2D eigenvalue weighted by Gasteiger charge is 2.23. The molecule has 0 radical (unpaired) electrons. The smallest absolute Gasteiger partial charge is 0.326 e. The first-order valence-corrected chi connectivity index (χ1v) is 9.96. The van der Waals surface area contributed by atoms with Gasteiger partial charge in [-0.2, -0.15) is 0 Å². The standard InChI is InChI=1S/C23H23N3O4/c27-21-9-4-10-26(21)14-15-5-3-6-16(11-15)22(28)25-20(23(29)30)12-17-13-24-19-8-2-1-7-18(17)19/h1-3,5-8,11,13,20,24H,4,9-10,12,14H2,(H,25,28)(H,29,30)/t20-/m0/s1. The number of carbonyl (C=O) groups is 3. The van der Waals surface area contributed by atoms with Gasteiger partial charge in [0.05, 0.1) is 0 Å². The molecule has 1 aromatic heterocycles. The van der Waals surface area contributed by atoms with Gasteiger partial charge in [-0.1, -0.05) is 30.3 Å². The van der Waals surface area contributed by atoms with Gasteiger partial charge >= 0.3 is 5.97 Å². The van der Waals surface area contributed by atoms with Gasteiger partial charge in [-0.05, 0) is 35.7 Å². The van der Waals surface area contributed by atoms with E-state index in [0.717, 1.165) is 35.0 Å². The van der Waals surface area contributed by atoms with Gasteiger partial charge in [0.1, 0.15) is 6.04 Å². The number of rotatable bonds is 7. The first kappa shape index (κ1) is 19.7. The van der Waals surface area contributed by atoms with Crippen molar-refractivity contribution in [3.05, 3.63) is 71.4 Å². The zero-order valence-electron chi connectivity index (χ0n) is 16.4. The molecule has 2 heterocycles. The number of carboxylic acids is 1. The summed E-state index contributed by atoms with van der Waals surface area (Å²) in [4.78, 5) is 41.3. The second-order valence-electron chi connectivity index (χ2n) is 7.55. The van der Waals surface area contributed by atoms with Crippen LogP contribution in [0.5, 0.6) is 0 Å². The second kappa shape index (κ2) is 8.41. The first-order chi connectivity index (χ1) is 14.5. The highest BCUT2D eigenvalue weighted by molar-refractivity contribution is 5.97. The number of hydrogen-bond donors (Lipinski definition) is 3. The topological polar surface area (TPSA) is 102 Å². The van der Waals surface area contributed by atoms with Crippen molar-refractivity contribution in [2.75, 3.05) is 6.54 Å². The molecule has 3 aromatic rings. The first-order valence-electron chi connectivity index (χ1n) is 9.96. The number of likely N-dealkylation sites (tertiary alicyclic amines) is 1. The molecule has 7 heteroatoms. The van der Waals surface area contributed by atoms with Crippen LogP contribution < -0.4 is 5.32 Å². The van der Waals surface area contributed by atoms with Crippen LogP contribution in [0.4, 0.5) is 0 Å². The highest BCUT2D eigenvalue weighted by atomic mass is 16.4. The van der Waals surface area contributed by atoms with Crippen molar-refractivity contribution >= 4 is 28.7 Å². The number of aromatic amines is 1. The summed E-state index contributed by atoms with van der Waals surface area (Å²) in [6.45, 7) is 1.18. The van der Waals surface area contributed by atoms with Gasteiger partial charge in [0.25, 0.3) is 5.91 Å². The maximum Gasteiger partial charge on any atom is 0.326 e. The molecule has 1 aliphatic heterocycles. The Kier molecular flexibility index (Phi) is 5.52. The van der Waals surface area contributed by atoms with E-state index in [-0.39, 0.29) is 12.3 Å². The van der Waals surface area contributed by atoms with E-state index in [1.165, 1.54) is 0 Å². The van der Waals surface area contributed by atoms with Crippen molar-refractivity contribution in [1.29, 1.82) is 0 Å². The number of aromatic nitrogens is 1. The third-order valence-corrected chi connectivity index (χ3v) is 5.44. The van der Waals surface area contributed by atoms with Gasteiger partial charge < -0.3 is 20.3 Å². The normalized spacial score (nSPS) is 14.8. The largest absolute Gasteiger partial charge is 0.480 e. The molecule has 0 saturated carbocycles. The number of nitrogens with one attached hydrogen (secondary N) is 2. The van der Waals surface area contributed by atoms with Crippen LogP contribution in [0.3, 0.4) is 0 Å². The summed E-state index contributed by atoms with van der Waals surface area (Å²) in [5.74, 6) is -1.42. The highest BCUT2D eigenvalue weighted by Crippen LogP contribution is 2.20. The minimum absolute atomic E-state index is 0.120. The van der Waals surface area contributed by atoms with Crippen molar-refractivity contribution in [2.45, 2.75) is 31.8 Å². The summed E-state index contributed by atoms with van der Waals surface area (Å²) in [5.41, 5.74) is 2.98. The molecular weight excluding hydrogens is 382 g/mol. The van der Waals surface area contributed by atoms with Crippen LogP contribution >= 0.6 is 0 Å². The Morgan fingerprint density at radius 3 is 2.77 bits per heavy atom. The van der Waals surface area contributed by atoms with Crippen molar-refractivity contribution < 1.29 is 19.5 Å². The molecule has 2 aromatic carbocycles. The summed E-state index contributed by atoms with van der Waals surface area (Å²) < 4.78 is 0. The SMILES string of the molecule is O=C(N[C@@H](Cc1c[nH]c2ccccc12)C(=O)O)c1cccc(CN2CCCC2=O)c1. The molecule has 0 bridgehead atoms. The van der Waals surface area contributed by atoms with E-state index in [4.69, 9.17) is 0 Å². The Labute approximate surface area is 173 Å². The molecule has 2 amide bonds. The molecule has 30 heavy (non-hydrogen) atoms. The van der Waals surface area contributed by atoms with Gasteiger partial charge in [0, 0.05) is 48.6 Å². The fourth-order valence-corrected chi connectivity index (χ4v) is 3.86. The lowest BCUT2D eigenvalue weighted by Gasteiger charge is -2.17. The molecule has 154 valence electrons. The number of fused-ring (bicyclic) bond motifs is 1. The van der Waals surface area contributed by atoms with Gasteiger partial charge in [-0.25, -0.2) is 4.79 Å². The lowest BCUT2D eigenvalue weighted by molar-refractivity contribution is -0.139. The van der Waals surface area contributed by atoms with Crippen LogP contribution in [0.1, 0.15) is 34.3 Å². The second-order valence-corrected chi connectivity index (χ2v) is 7.55. The van der Waals surface area contributed by atoms with E-state index in [0.29, 0.717) is 18.5 Å². The summed E-state index contributed by atoms with van der Waals surface area (Å²) in [6.07, 6.45) is 3.37. The van der Waals surface area contributed by atoms with E-state index >= 15 is 0 Å². The molecule has 1 saturated heterocycles.